The van der Waals surface area contributed by atoms with E-state index in [9.17, 15) is 14.4 Å². The Morgan fingerprint density at radius 3 is 2.46 bits per heavy atom. The number of ether oxygens (including phenoxy) is 3. The van der Waals surface area contributed by atoms with Crippen molar-refractivity contribution in [3.8, 4) is 5.75 Å². The molecule has 0 aliphatic carbocycles. The number of rotatable bonds is 11. The Bertz CT molecular complexity index is 1270. The third-order valence-corrected chi connectivity index (χ3v) is 6.71. The van der Waals surface area contributed by atoms with Crippen molar-refractivity contribution in [3.63, 3.8) is 0 Å². The highest BCUT2D eigenvalue weighted by molar-refractivity contribution is 7.18. The predicted octanol–water partition coefficient (Wildman–Crippen LogP) is 6.66. The smallest absolute Gasteiger partial charge is 0.348 e. The first-order valence-electron chi connectivity index (χ1n) is 12.3. The van der Waals surface area contributed by atoms with Crippen molar-refractivity contribution in [2.45, 2.75) is 60.5 Å². The molecule has 0 saturated heterocycles. The van der Waals surface area contributed by atoms with Gasteiger partial charge in [-0.05, 0) is 68.0 Å². The average molecular weight is 528 g/mol. The Balaban J connectivity index is 1.78. The lowest BCUT2D eigenvalue weighted by molar-refractivity contribution is 0.0506. The molecule has 0 radical (unpaired) electrons. The van der Waals surface area contributed by atoms with Crippen LogP contribution in [0.15, 0.2) is 34.7 Å². The van der Waals surface area contributed by atoms with Gasteiger partial charge in [0.1, 0.15) is 28.0 Å². The van der Waals surface area contributed by atoms with E-state index in [1.54, 1.807) is 19.9 Å². The summed E-state index contributed by atoms with van der Waals surface area (Å²) in [7, 11) is 0. The Kier molecular flexibility index (Phi) is 9.52. The quantitative estimate of drug-likeness (QED) is 0.278. The Morgan fingerprint density at radius 1 is 1.03 bits per heavy atom. The number of thiophene rings is 1. The van der Waals surface area contributed by atoms with E-state index >= 15 is 0 Å². The molecular weight excluding hydrogens is 494 g/mol. The van der Waals surface area contributed by atoms with Crippen molar-refractivity contribution < 1.29 is 33.0 Å². The van der Waals surface area contributed by atoms with E-state index in [2.05, 4.69) is 19.2 Å². The van der Waals surface area contributed by atoms with Gasteiger partial charge in [-0.15, -0.1) is 11.3 Å². The van der Waals surface area contributed by atoms with Gasteiger partial charge in [0.15, 0.2) is 5.76 Å². The van der Waals surface area contributed by atoms with E-state index in [0.29, 0.717) is 23.7 Å². The van der Waals surface area contributed by atoms with Crippen molar-refractivity contribution in [2.75, 3.05) is 18.5 Å². The van der Waals surface area contributed by atoms with Crippen molar-refractivity contribution in [3.05, 3.63) is 69.0 Å². The Morgan fingerprint density at radius 2 is 1.78 bits per heavy atom. The number of hydrogen-bond donors (Lipinski definition) is 1. The van der Waals surface area contributed by atoms with Crippen LogP contribution in [0.25, 0.3) is 0 Å². The maximum atomic E-state index is 13.0. The largest absolute Gasteiger partial charge is 0.485 e. The maximum absolute atomic E-state index is 13.0. The molecule has 0 fully saturated rings. The number of hydrogen-bond acceptors (Lipinski definition) is 8. The van der Waals surface area contributed by atoms with Crippen molar-refractivity contribution in [1.29, 1.82) is 0 Å². The van der Waals surface area contributed by atoms with Gasteiger partial charge in [-0.2, -0.15) is 0 Å². The Labute approximate surface area is 220 Å². The molecule has 3 aromatic rings. The Hall–Kier alpha value is -3.59. The van der Waals surface area contributed by atoms with Gasteiger partial charge in [0.25, 0.3) is 5.91 Å². The van der Waals surface area contributed by atoms with Gasteiger partial charge in [0, 0.05) is 0 Å². The SMILES string of the molecule is CCCOC(=O)c1c(NC(=O)c2ccc(COc3cc(C)ccc3C(C)C)o2)sc(C(=O)OCC)c1C. The summed E-state index contributed by atoms with van der Waals surface area (Å²) in [5, 5.41) is 2.89. The average Bonchev–Trinajstić information content (AvgIpc) is 3.46. The molecule has 0 aliphatic heterocycles. The summed E-state index contributed by atoms with van der Waals surface area (Å²) in [6.45, 7) is 11.9. The summed E-state index contributed by atoms with van der Waals surface area (Å²) in [5.74, 6) is -0.167. The molecule has 0 spiro atoms. The molecule has 0 aliphatic rings. The zero-order valence-corrected chi connectivity index (χ0v) is 22.9. The first kappa shape index (κ1) is 28.0. The van der Waals surface area contributed by atoms with Crippen molar-refractivity contribution in [2.24, 2.45) is 0 Å². The minimum Gasteiger partial charge on any atom is -0.485 e. The molecular formula is C28H33NO7S. The van der Waals surface area contributed by atoms with Gasteiger partial charge in [-0.25, -0.2) is 9.59 Å². The van der Waals surface area contributed by atoms with Crippen LogP contribution >= 0.6 is 11.3 Å². The second-order valence-corrected chi connectivity index (χ2v) is 9.84. The lowest BCUT2D eigenvalue weighted by Gasteiger charge is -2.14. The molecule has 2 aromatic heterocycles. The van der Waals surface area contributed by atoms with Gasteiger partial charge < -0.3 is 23.9 Å². The summed E-state index contributed by atoms with van der Waals surface area (Å²) in [5.41, 5.74) is 2.70. The highest BCUT2D eigenvalue weighted by Crippen LogP contribution is 2.35. The van der Waals surface area contributed by atoms with Crippen LogP contribution in [-0.4, -0.2) is 31.1 Å². The molecule has 2 heterocycles. The topological polar surface area (TPSA) is 104 Å². The molecule has 0 saturated carbocycles. The molecule has 0 bridgehead atoms. The summed E-state index contributed by atoms with van der Waals surface area (Å²) in [6.07, 6.45) is 0.639. The maximum Gasteiger partial charge on any atom is 0.348 e. The number of anilines is 1. The fourth-order valence-electron chi connectivity index (χ4n) is 3.64. The van der Waals surface area contributed by atoms with Crippen LogP contribution in [0.5, 0.6) is 5.75 Å². The molecule has 0 atom stereocenters. The van der Waals surface area contributed by atoms with E-state index in [1.165, 1.54) is 6.07 Å². The van der Waals surface area contributed by atoms with Crippen LogP contribution in [0.1, 0.15) is 93.1 Å². The summed E-state index contributed by atoms with van der Waals surface area (Å²) >= 11 is 0.965. The number of furan rings is 1. The predicted molar refractivity (Wildman–Crippen MR) is 142 cm³/mol. The van der Waals surface area contributed by atoms with Crippen molar-refractivity contribution in [1.82, 2.24) is 0 Å². The molecule has 37 heavy (non-hydrogen) atoms. The van der Waals surface area contributed by atoms with Crippen LogP contribution < -0.4 is 10.1 Å². The standard InChI is InChI=1S/C28H33NO7S/c1-7-13-34-27(31)23-18(6)24(28(32)33-8-2)37-26(23)29-25(30)21-12-10-19(36-21)15-35-22-14-17(5)9-11-20(22)16(3)4/h9-12,14,16H,7-8,13,15H2,1-6H3,(H,29,30). The molecule has 1 N–H and O–H groups in total. The lowest BCUT2D eigenvalue weighted by Crippen LogP contribution is -2.14. The molecule has 1 aromatic carbocycles. The van der Waals surface area contributed by atoms with Gasteiger partial charge in [0.05, 0.1) is 18.8 Å². The second-order valence-electron chi connectivity index (χ2n) is 8.82. The van der Waals surface area contributed by atoms with Gasteiger partial charge in [-0.1, -0.05) is 32.9 Å². The normalized spacial score (nSPS) is 10.9. The van der Waals surface area contributed by atoms with E-state index < -0.39 is 17.8 Å². The number of nitrogens with one attached hydrogen (secondary N) is 1. The fraction of sp³-hybridized carbons (Fsp3) is 0.393. The van der Waals surface area contributed by atoms with Gasteiger partial charge in [-0.3, -0.25) is 4.79 Å². The van der Waals surface area contributed by atoms with Gasteiger partial charge in [0.2, 0.25) is 0 Å². The number of aryl methyl sites for hydroxylation is 1. The first-order chi connectivity index (χ1) is 17.7. The number of amides is 1. The van der Waals surface area contributed by atoms with E-state index in [4.69, 9.17) is 18.6 Å². The van der Waals surface area contributed by atoms with Crippen LogP contribution in [0.3, 0.4) is 0 Å². The summed E-state index contributed by atoms with van der Waals surface area (Å²) in [4.78, 5) is 38.3. The monoisotopic (exact) mass is 527 g/mol. The zero-order chi connectivity index (χ0) is 27.1. The number of esters is 2. The lowest BCUT2D eigenvalue weighted by atomic mass is 10.0. The molecule has 198 valence electrons. The number of carbonyl (C=O) groups excluding carboxylic acids is 3. The highest BCUT2D eigenvalue weighted by Gasteiger charge is 2.28. The van der Waals surface area contributed by atoms with Crippen LogP contribution in [0, 0.1) is 13.8 Å². The minimum atomic E-state index is -0.617. The summed E-state index contributed by atoms with van der Waals surface area (Å²) < 4.78 is 22.1. The fourth-order valence-corrected chi connectivity index (χ4v) is 4.72. The molecule has 1 amide bonds. The molecule has 9 heteroatoms. The highest BCUT2D eigenvalue weighted by atomic mass is 32.1. The molecule has 8 nitrogen and oxygen atoms in total. The summed E-state index contributed by atoms with van der Waals surface area (Å²) in [6, 6.07) is 9.27. The van der Waals surface area contributed by atoms with E-state index in [1.807, 2.05) is 32.0 Å². The van der Waals surface area contributed by atoms with Crippen LogP contribution in [0.2, 0.25) is 0 Å². The third-order valence-electron chi connectivity index (χ3n) is 5.52. The number of carbonyl (C=O) groups is 3. The molecule has 0 unspecified atom stereocenters. The third kappa shape index (κ3) is 6.80. The second kappa shape index (κ2) is 12.6. The van der Waals surface area contributed by atoms with E-state index in [0.717, 1.165) is 28.2 Å². The van der Waals surface area contributed by atoms with E-state index in [-0.39, 0.29) is 41.0 Å². The first-order valence-corrected chi connectivity index (χ1v) is 13.1. The minimum absolute atomic E-state index is 0.0449. The van der Waals surface area contributed by atoms with Crippen LogP contribution in [-0.2, 0) is 16.1 Å². The van der Waals surface area contributed by atoms with Gasteiger partial charge >= 0.3 is 11.9 Å². The molecule has 3 rings (SSSR count). The van der Waals surface area contributed by atoms with Crippen LogP contribution in [0.4, 0.5) is 5.00 Å². The zero-order valence-electron chi connectivity index (χ0n) is 22.1. The van der Waals surface area contributed by atoms with Crippen molar-refractivity contribution >= 4 is 34.2 Å². The number of benzene rings is 1.